The Bertz CT molecular complexity index is 1270. The summed E-state index contributed by atoms with van der Waals surface area (Å²) in [5.41, 5.74) is 0.843. The van der Waals surface area contributed by atoms with E-state index < -0.39 is 23.5 Å². The molecule has 2 heterocycles. The van der Waals surface area contributed by atoms with Crippen molar-refractivity contribution in [3.63, 3.8) is 0 Å². The molecule has 9 nitrogen and oxygen atoms in total. The van der Waals surface area contributed by atoms with Gasteiger partial charge in [0.25, 0.3) is 0 Å². The third-order valence-electron chi connectivity index (χ3n) is 9.32. The fourth-order valence-corrected chi connectivity index (χ4v) is 6.85. The number of likely N-dealkylation sites (N-methyl/N-ethyl adjacent to an activating group) is 1. The highest BCUT2D eigenvalue weighted by atomic mass is 35.5. The predicted molar refractivity (Wildman–Crippen MR) is 184 cm³/mol. The van der Waals surface area contributed by atoms with Gasteiger partial charge in [-0.3, -0.25) is 24.1 Å². The molecule has 0 aliphatic carbocycles. The number of halogens is 1. The summed E-state index contributed by atoms with van der Waals surface area (Å²) in [6, 6.07) is 5.62. The van der Waals surface area contributed by atoms with Gasteiger partial charge in [-0.25, -0.2) is 0 Å². The summed E-state index contributed by atoms with van der Waals surface area (Å²) in [5, 5.41) is 6.69. The Hall–Kier alpha value is -2.91. The number of hydrogen-bond acceptors (Lipinski definition) is 5. The number of rotatable bonds is 11. The van der Waals surface area contributed by atoms with Crippen molar-refractivity contribution >= 4 is 35.2 Å². The van der Waals surface area contributed by atoms with E-state index in [1.807, 2.05) is 58.9 Å². The first-order valence-electron chi connectivity index (χ1n) is 16.9. The van der Waals surface area contributed by atoms with Crippen LogP contribution >= 0.6 is 11.6 Å². The smallest absolute Gasteiger partial charge is 0.249 e. The number of amides is 4. The summed E-state index contributed by atoms with van der Waals surface area (Å²) in [7, 11) is 1.75. The van der Waals surface area contributed by atoms with Gasteiger partial charge in [0.15, 0.2) is 0 Å². The molecule has 46 heavy (non-hydrogen) atoms. The van der Waals surface area contributed by atoms with E-state index in [0.29, 0.717) is 30.1 Å². The highest BCUT2D eigenvalue weighted by Crippen LogP contribution is 2.27. The first-order chi connectivity index (χ1) is 21.5. The number of carbonyl (C=O) groups excluding carboxylic acids is 4. The highest BCUT2D eigenvalue weighted by molar-refractivity contribution is 6.30. The molecule has 3 rings (SSSR count). The second-order valence-electron chi connectivity index (χ2n) is 14.7. The molecule has 4 amide bonds. The van der Waals surface area contributed by atoms with Crippen molar-refractivity contribution in [1.82, 2.24) is 25.3 Å². The fraction of sp³-hybridized carbons (Fsp3) is 0.667. The van der Waals surface area contributed by atoms with Crippen LogP contribution in [0.4, 0.5) is 0 Å². The number of likely N-dealkylation sites (tertiary alicyclic amines) is 2. The maximum atomic E-state index is 14.1. The molecule has 0 saturated carbocycles. The molecule has 0 radical (unpaired) electrons. The molecule has 2 aliphatic heterocycles. The van der Waals surface area contributed by atoms with Crippen LogP contribution in [0.1, 0.15) is 93.1 Å². The Morgan fingerprint density at radius 1 is 1.00 bits per heavy atom. The SMILES string of the molecule is C/C(=C\[C@H](C(C)C)N(C)C(=O)C(NC(=O)C1CCCCN1C(C)C)C(C)(C)C)C(=O)N1CCCC1C(=O)NCc1cccc(Cl)c1. The molecule has 2 N–H and O–H groups in total. The lowest BCUT2D eigenvalue weighted by atomic mass is 9.84. The van der Waals surface area contributed by atoms with Crippen molar-refractivity contribution < 1.29 is 19.2 Å². The molecule has 2 saturated heterocycles. The van der Waals surface area contributed by atoms with E-state index in [4.69, 9.17) is 11.6 Å². The van der Waals surface area contributed by atoms with Crippen molar-refractivity contribution in [3.8, 4) is 0 Å². The summed E-state index contributed by atoms with van der Waals surface area (Å²) in [6.45, 7) is 17.6. The predicted octanol–water partition coefficient (Wildman–Crippen LogP) is 5.17. The normalized spacial score (nSPS) is 20.9. The van der Waals surface area contributed by atoms with E-state index in [2.05, 4.69) is 29.4 Å². The van der Waals surface area contributed by atoms with Crippen molar-refractivity contribution in [2.24, 2.45) is 11.3 Å². The van der Waals surface area contributed by atoms with Gasteiger partial charge in [-0.05, 0) is 82.0 Å². The van der Waals surface area contributed by atoms with Crippen molar-refractivity contribution in [1.29, 1.82) is 0 Å². The van der Waals surface area contributed by atoms with Crippen LogP contribution in [0.15, 0.2) is 35.9 Å². The van der Waals surface area contributed by atoms with Crippen LogP contribution in [0, 0.1) is 11.3 Å². The van der Waals surface area contributed by atoms with E-state index in [1.54, 1.807) is 29.8 Å². The lowest BCUT2D eigenvalue weighted by Gasteiger charge is -2.41. The molecule has 2 fully saturated rings. The number of benzene rings is 1. The van der Waals surface area contributed by atoms with Gasteiger partial charge in [0.05, 0.1) is 12.1 Å². The summed E-state index contributed by atoms with van der Waals surface area (Å²) in [6.07, 6.45) is 6.01. The second kappa shape index (κ2) is 16.3. The van der Waals surface area contributed by atoms with E-state index in [0.717, 1.165) is 37.8 Å². The topological polar surface area (TPSA) is 102 Å². The molecule has 4 atom stereocenters. The summed E-state index contributed by atoms with van der Waals surface area (Å²) < 4.78 is 0. The van der Waals surface area contributed by atoms with Crippen LogP contribution in [0.5, 0.6) is 0 Å². The molecule has 2 aliphatic rings. The van der Waals surface area contributed by atoms with E-state index >= 15 is 0 Å². The van der Waals surface area contributed by atoms with Gasteiger partial charge in [-0.2, -0.15) is 0 Å². The van der Waals surface area contributed by atoms with Crippen LogP contribution in [0.3, 0.4) is 0 Å². The zero-order valence-corrected chi connectivity index (χ0v) is 30.1. The Kier molecular flexibility index (Phi) is 13.3. The minimum absolute atomic E-state index is 0.00170. The van der Waals surface area contributed by atoms with Gasteiger partial charge in [0, 0.05) is 36.8 Å². The first-order valence-corrected chi connectivity index (χ1v) is 17.2. The van der Waals surface area contributed by atoms with Gasteiger partial charge >= 0.3 is 0 Å². The standard InChI is InChI=1S/C36H56ClN5O4/c1-23(2)30(40(9)35(46)31(36(6,7)8)39-33(44)29-16-10-11-18-41(29)24(3)4)20-25(5)34(45)42-19-13-17-28(42)32(43)38-22-26-14-12-15-27(37)21-26/h12,14-15,20-21,23-24,28-31H,10-11,13,16-19,22H2,1-9H3,(H,38,43)(H,39,44)/b25-20+/t28?,29?,30-,31?/m1/s1. The molecular formula is C36H56ClN5O4. The number of nitrogens with zero attached hydrogens (tertiary/aromatic N) is 3. The molecular weight excluding hydrogens is 602 g/mol. The molecule has 0 aromatic heterocycles. The zero-order valence-electron chi connectivity index (χ0n) is 29.4. The molecule has 1 aromatic rings. The Morgan fingerprint density at radius 2 is 1.67 bits per heavy atom. The monoisotopic (exact) mass is 657 g/mol. The average Bonchev–Trinajstić information content (AvgIpc) is 3.49. The quantitative estimate of drug-likeness (QED) is 0.320. The summed E-state index contributed by atoms with van der Waals surface area (Å²) in [5.74, 6) is -0.699. The molecule has 10 heteroatoms. The van der Waals surface area contributed by atoms with Crippen LogP contribution in [0.2, 0.25) is 5.02 Å². The summed E-state index contributed by atoms with van der Waals surface area (Å²) >= 11 is 6.08. The highest BCUT2D eigenvalue weighted by Gasteiger charge is 2.40. The average molecular weight is 658 g/mol. The molecule has 1 aromatic carbocycles. The van der Waals surface area contributed by atoms with Crippen molar-refractivity contribution in [3.05, 3.63) is 46.5 Å². The van der Waals surface area contributed by atoms with Crippen molar-refractivity contribution in [2.45, 2.75) is 124 Å². The number of hydrogen-bond donors (Lipinski definition) is 2. The molecule has 0 spiro atoms. The third kappa shape index (κ3) is 9.57. The van der Waals surface area contributed by atoms with Crippen LogP contribution < -0.4 is 10.6 Å². The van der Waals surface area contributed by atoms with Crippen molar-refractivity contribution in [2.75, 3.05) is 20.1 Å². The van der Waals surface area contributed by atoms with Gasteiger partial charge in [0.1, 0.15) is 12.1 Å². The molecule has 256 valence electrons. The zero-order chi connectivity index (χ0) is 34.3. The minimum Gasteiger partial charge on any atom is -0.350 e. The maximum Gasteiger partial charge on any atom is 0.249 e. The van der Waals surface area contributed by atoms with Gasteiger partial charge < -0.3 is 20.4 Å². The van der Waals surface area contributed by atoms with E-state index in [-0.39, 0.29) is 41.6 Å². The van der Waals surface area contributed by atoms with E-state index in [1.165, 1.54) is 0 Å². The Morgan fingerprint density at radius 3 is 2.28 bits per heavy atom. The number of carbonyl (C=O) groups is 4. The number of piperidine rings is 1. The van der Waals surface area contributed by atoms with E-state index in [9.17, 15) is 19.2 Å². The Labute approximate surface area is 281 Å². The Balaban J connectivity index is 1.74. The first kappa shape index (κ1) is 37.5. The third-order valence-corrected chi connectivity index (χ3v) is 9.55. The van der Waals surface area contributed by atoms with Crippen LogP contribution in [-0.4, -0.2) is 88.7 Å². The van der Waals surface area contributed by atoms with Gasteiger partial charge in [-0.1, -0.05) is 70.8 Å². The lowest BCUT2D eigenvalue weighted by molar-refractivity contribution is -0.142. The van der Waals surface area contributed by atoms with Crippen LogP contribution in [0.25, 0.3) is 0 Å². The largest absolute Gasteiger partial charge is 0.350 e. The molecule has 3 unspecified atom stereocenters. The number of nitrogens with one attached hydrogen (secondary N) is 2. The molecule has 0 bridgehead atoms. The van der Waals surface area contributed by atoms with Gasteiger partial charge in [0.2, 0.25) is 23.6 Å². The van der Waals surface area contributed by atoms with Gasteiger partial charge in [-0.15, -0.1) is 0 Å². The lowest BCUT2D eigenvalue weighted by Crippen LogP contribution is -2.60. The fourth-order valence-electron chi connectivity index (χ4n) is 6.63. The minimum atomic E-state index is -0.738. The summed E-state index contributed by atoms with van der Waals surface area (Å²) in [4.78, 5) is 60.2. The second-order valence-corrected chi connectivity index (χ2v) is 15.1. The van der Waals surface area contributed by atoms with Crippen LogP contribution in [-0.2, 0) is 25.7 Å². The maximum absolute atomic E-state index is 14.1.